The van der Waals surface area contributed by atoms with Gasteiger partial charge in [0.1, 0.15) is 5.82 Å². The molecule has 0 aromatic carbocycles. The maximum atomic E-state index is 5.72. The van der Waals surface area contributed by atoms with E-state index in [0.29, 0.717) is 12.2 Å². The number of nitrogen functional groups attached to an aromatic ring is 1. The average molecular weight is 183 g/mol. The SMILES string of the molecule is CNc1c(N)cnn1C(C)(C)CN. The quantitative estimate of drug-likeness (QED) is 0.625. The Balaban J connectivity index is 3.14. The topological polar surface area (TPSA) is 81.9 Å². The molecular formula is C8H17N5. The number of nitrogens with one attached hydrogen (secondary N) is 1. The van der Waals surface area contributed by atoms with E-state index in [4.69, 9.17) is 11.5 Å². The number of aromatic nitrogens is 2. The summed E-state index contributed by atoms with van der Waals surface area (Å²) in [5.41, 5.74) is 11.8. The Morgan fingerprint density at radius 1 is 1.62 bits per heavy atom. The minimum Gasteiger partial charge on any atom is -0.394 e. The van der Waals surface area contributed by atoms with E-state index >= 15 is 0 Å². The summed E-state index contributed by atoms with van der Waals surface area (Å²) >= 11 is 0. The minimum atomic E-state index is -0.212. The van der Waals surface area contributed by atoms with Crippen molar-refractivity contribution in [1.29, 1.82) is 0 Å². The second-order valence-electron chi connectivity index (χ2n) is 3.63. The van der Waals surface area contributed by atoms with E-state index in [-0.39, 0.29) is 5.54 Å². The zero-order valence-corrected chi connectivity index (χ0v) is 8.33. The summed E-state index contributed by atoms with van der Waals surface area (Å²) in [6.07, 6.45) is 1.63. The van der Waals surface area contributed by atoms with Crippen molar-refractivity contribution in [3.63, 3.8) is 0 Å². The van der Waals surface area contributed by atoms with Crippen LogP contribution in [0.25, 0.3) is 0 Å². The van der Waals surface area contributed by atoms with Crippen LogP contribution in [-0.4, -0.2) is 23.4 Å². The van der Waals surface area contributed by atoms with Gasteiger partial charge < -0.3 is 16.8 Å². The van der Waals surface area contributed by atoms with E-state index in [1.165, 1.54) is 0 Å². The molecule has 0 unspecified atom stereocenters. The summed E-state index contributed by atoms with van der Waals surface area (Å²) in [6.45, 7) is 4.54. The van der Waals surface area contributed by atoms with Gasteiger partial charge in [-0.25, -0.2) is 4.68 Å². The number of nitrogens with two attached hydrogens (primary N) is 2. The molecule has 0 radical (unpaired) electrons. The highest BCUT2D eigenvalue weighted by atomic mass is 15.4. The van der Waals surface area contributed by atoms with Crippen molar-refractivity contribution in [2.45, 2.75) is 19.4 Å². The van der Waals surface area contributed by atoms with Crippen molar-refractivity contribution >= 4 is 11.5 Å². The van der Waals surface area contributed by atoms with Crippen molar-refractivity contribution in [1.82, 2.24) is 9.78 Å². The van der Waals surface area contributed by atoms with Crippen molar-refractivity contribution in [3.8, 4) is 0 Å². The molecule has 0 saturated heterocycles. The third-order valence-corrected chi connectivity index (χ3v) is 2.11. The van der Waals surface area contributed by atoms with Crippen molar-refractivity contribution in [2.75, 3.05) is 24.6 Å². The molecule has 0 bridgehead atoms. The molecule has 0 aliphatic rings. The molecule has 0 amide bonds. The fraction of sp³-hybridized carbons (Fsp3) is 0.625. The first-order valence-electron chi connectivity index (χ1n) is 4.24. The Kier molecular flexibility index (Phi) is 2.47. The van der Waals surface area contributed by atoms with Gasteiger partial charge in [0.25, 0.3) is 0 Å². The summed E-state index contributed by atoms with van der Waals surface area (Å²) in [5.74, 6) is 0.815. The Bertz CT molecular complexity index is 289. The van der Waals surface area contributed by atoms with Gasteiger partial charge in [-0.2, -0.15) is 5.10 Å². The second kappa shape index (κ2) is 3.26. The van der Waals surface area contributed by atoms with Crippen LogP contribution in [0, 0.1) is 0 Å². The van der Waals surface area contributed by atoms with Gasteiger partial charge in [-0.05, 0) is 13.8 Å². The zero-order valence-electron chi connectivity index (χ0n) is 8.33. The van der Waals surface area contributed by atoms with E-state index < -0.39 is 0 Å². The van der Waals surface area contributed by atoms with E-state index in [1.54, 1.807) is 6.20 Å². The van der Waals surface area contributed by atoms with Crippen LogP contribution in [0.1, 0.15) is 13.8 Å². The van der Waals surface area contributed by atoms with E-state index in [9.17, 15) is 0 Å². The minimum absolute atomic E-state index is 0.212. The smallest absolute Gasteiger partial charge is 0.148 e. The fourth-order valence-electron chi connectivity index (χ4n) is 1.16. The molecule has 0 saturated carbocycles. The molecule has 0 spiro atoms. The van der Waals surface area contributed by atoms with Gasteiger partial charge in [-0.3, -0.25) is 0 Å². The van der Waals surface area contributed by atoms with Gasteiger partial charge in [0.2, 0.25) is 0 Å². The number of anilines is 2. The van der Waals surface area contributed by atoms with Crippen LogP contribution in [0.2, 0.25) is 0 Å². The zero-order chi connectivity index (χ0) is 10.1. The monoisotopic (exact) mass is 183 g/mol. The highest BCUT2D eigenvalue weighted by Gasteiger charge is 2.22. The fourth-order valence-corrected chi connectivity index (χ4v) is 1.16. The molecule has 5 N–H and O–H groups in total. The largest absolute Gasteiger partial charge is 0.394 e. The van der Waals surface area contributed by atoms with E-state index in [0.717, 1.165) is 5.82 Å². The number of hydrogen-bond acceptors (Lipinski definition) is 4. The summed E-state index contributed by atoms with van der Waals surface area (Å²) < 4.78 is 1.81. The normalized spacial score (nSPS) is 11.7. The first-order valence-corrected chi connectivity index (χ1v) is 4.24. The van der Waals surface area contributed by atoms with Gasteiger partial charge in [0.05, 0.1) is 17.4 Å². The number of hydrogen-bond donors (Lipinski definition) is 3. The summed E-state index contributed by atoms with van der Waals surface area (Å²) in [6, 6.07) is 0. The third-order valence-electron chi connectivity index (χ3n) is 2.11. The molecule has 0 aliphatic heterocycles. The molecule has 1 rings (SSSR count). The van der Waals surface area contributed by atoms with Gasteiger partial charge in [0, 0.05) is 13.6 Å². The van der Waals surface area contributed by atoms with Crippen molar-refractivity contribution in [2.24, 2.45) is 5.73 Å². The Morgan fingerprint density at radius 3 is 2.69 bits per heavy atom. The van der Waals surface area contributed by atoms with Crippen LogP contribution < -0.4 is 16.8 Å². The van der Waals surface area contributed by atoms with E-state index in [1.807, 2.05) is 25.6 Å². The molecule has 1 heterocycles. The average Bonchev–Trinajstić information content (AvgIpc) is 2.47. The van der Waals surface area contributed by atoms with Gasteiger partial charge >= 0.3 is 0 Å². The van der Waals surface area contributed by atoms with Crippen LogP contribution in [0.3, 0.4) is 0 Å². The Hall–Kier alpha value is -1.23. The second-order valence-corrected chi connectivity index (χ2v) is 3.63. The molecule has 1 aromatic rings. The van der Waals surface area contributed by atoms with Crippen molar-refractivity contribution in [3.05, 3.63) is 6.20 Å². The first kappa shape index (κ1) is 9.85. The highest BCUT2D eigenvalue weighted by Crippen LogP contribution is 2.24. The molecule has 0 aliphatic carbocycles. The molecule has 5 nitrogen and oxygen atoms in total. The summed E-state index contributed by atoms with van der Waals surface area (Å²) in [4.78, 5) is 0. The highest BCUT2D eigenvalue weighted by molar-refractivity contribution is 5.60. The summed E-state index contributed by atoms with van der Waals surface area (Å²) in [5, 5.41) is 7.18. The standard InChI is InChI=1S/C8H17N5/c1-8(2,5-9)13-7(11-3)6(10)4-12-13/h4,11H,5,9-10H2,1-3H3. The first-order chi connectivity index (χ1) is 6.03. The van der Waals surface area contributed by atoms with Crippen LogP contribution in [-0.2, 0) is 5.54 Å². The lowest BCUT2D eigenvalue weighted by atomic mass is 10.1. The van der Waals surface area contributed by atoms with E-state index in [2.05, 4.69) is 10.4 Å². The Labute approximate surface area is 78.1 Å². The number of nitrogens with zero attached hydrogens (tertiary/aromatic N) is 2. The van der Waals surface area contributed by atoms with Gasteiger partial charge in [-0.15, -0.1) is 0 Å². The predicted octanol–water partition coefficient (Wildman–Crippen LogP) is 0.201. The van der Waals surface area contributed by atoms with Crippen LogP contribution >= 0.6 is 0 Å². The molecular weight excluding hydrogens is 166 g/mol. The van der Waals surface area contributed by atoms with Crippen LogP contribution in [0.15, 0.2) is 6.20 Å². The lowest BCUT2D eigenvalue weighted by Gasteiger charge is -2.25. The predicted molar refractivity (Wildman–Crippen MR) is 54.6 cm³/mol. The molecule has 1 aromatic heterocycles. The molecule has 74 valence electrons. The molecule has 0 atom stereocenters. The van der Waals surface area contributed by atoms with Crippen LogP contribution in [0.4, 0.5) is 11.5 Å². The van der Waals surface area contributed by atoms with Crippen LogP contribution in [0.5, 0.6) is 0 Å². The van der Waals surface area contributed by atoms with Gasteiger partial charge in [-0.1, -0.05) is 0 Å². The summed E-state index contributed by atoms with van der Waals surface area (Å²) in [7, 11) is 1.82. The number of rotatable bonds is 3. The van der Waals surface area contributed by atoms with Crippen molar-refractivity contribution < 1.29 is 0 Å². The third kappa shape index (κ3) is 1.60. The molecule has 13 heavy (non-hydrogen) atoms. The lowest BCUT2D eigenvalue weighted by molar-refractivity contribution is 0.335. The van der Waals surface area contributed by atoms with Gasteiger partial charge in [0.15, 0.2) is 0 Å². The lowest BCUT2D eigenvalue weighted by Crippen LogP contribution is -2.36. The molecule has 0 fully saturated rings. The Morgan fingerprint density at radius 2 is 2.23 bits per heavy atom. The maximum absolute atomic E-state index is 5.72. The molecule has 5 heteroatoms. The maximum Gasteiger partial charge on any atom is 0.148 e.